The van der Waals surface area contributed by atoms with E-state index in [4.69, 9.17) is 22.2 Å². The lowest BCUT2D eigenvalue weighted by Gasteiger charge is -2.11. The predicted octanol–water partition coefficient (Wildman–Crippen LogP) is 8.94. The van der Waals surface area contributed by atoms with Crippen LogP contribution < -0.4 is 5.69 Å². The Labute approximate surface area is 255 Å². The Hall–Kier alpha value is -4.76. The first-order valence-electron chi connectivity index (χ1n) is 13.3. The average Bonchev–Trinajstić information content (AvgIpc) is 3.69. The van der Waals surface area contributed by atoms with Gasteiger partial charge in [-0.25, -0.2) is 19.3 Å². The molecular formula is C34H22N4OS3. The second kappa shape index (κ2) is 11.3. The summed E-state index contributed by atoms with van der Waals surface area (Å²) >= 11 is 8.87. The molecule has 0 bridgehead atoms. The maximum absolute atomic E-state index is 14.4. The molecule has 0 aliphatic heterocycles. The lowest BCUT2D eigenvalue weighted by Crippen LogP contribution is -2.29. The molecule has 0 atom stereocenters. The van der Waals surface area contributed by atoms with Gasteiger partial charge in [0.05, 0.1) is 9.75 Å². The summed E-state index contributed by atoms with van der Waals surface area (Å²) in [5.41, 5.74) is 3.59. The van der Waals surface area contributed by atoms with Crippen molar-refractivity contribution < 1.29 is 0 Å². The van der Waals surface area contributed by atoms with Gasteiger partial charge in [-0.05, 0) is 17.2 Å². The van der Waals surface area contributed by atoms with E-state index in [0.29, 0.717) is 16.3 Å². The second-order valence-electron chi connectivity index (χ2n) is 9.45. The van der Waals surface area contributed by atoms with Gasteiger partial charge in [-0.15, -0.1) is 22.7 Å². The number of nitrogens with zero attached hydrogens (tertiary/aromatic N) is 4. The van der Waals surface area contributed by atoms with Crippen molar-refractivity contribution in [2.24, 2.45) is 0 Å². The Morgan fingerprint density at radius 3 is 1.40 bits per heavy atom. The number of hydrogen-bond acceptors (Lipinski definition) is 6. The van der Waals surface area contributed by atoms with Crippen LogP contribution in [-0.2, 0) is 0 Å². The molecule has 7 rings (SSSR count). The van der Waals surface area contributed by atoms with Crippen molar-refractivity contribution in [1.29, 1.82) is 0 Å². The molecule has 0 unspecified atom stereocenters. The van der Waals surface area contributed by atoms with Crippen molar-refractivity contribution in [2.45, 2.75) is 0 Å². The summed E-state index contributed by atoms with van der Waals surface area (Å²) in [5.74, 6) is 1.06. The van der Waals surface area contributed by atoms with Crippen LogP contribution in [0.5, 0.6) is 0 Å². The predicted molar refractivity (Wildman–Crippen MR) is 175 cm³/mol. The van der Waals surface area contributed by atoms with Gasteiger partial charge in [-0.1, -0.05) is 134 Å². The zero-order chi connectivity index (χ0) is 28.5. The first-order valence-corrected chi connectivity index (χ1v) is 15.3. The Bertz CT molecular complexity index is 2120. The largest absolute Gasteiger partial charge is 0.340 e. The van der Waals surface area contributed by atoms with Crippen molar-refractivity contribution in [3.63, 3.8) is 0 Å². The highest BCUT2D eigenvalue weighted by atomic mass is 32.1. The van der Waals surface area contributed by atoms with E-state index in [1.807, 2.05) is 121 Å². The monoisotopic (exact) mass is 598 g/mol. The number of thiazole rings is 2. The van der Waals surface area contributed by atoms with Gasteiger partial charge in [0.1, 0.15) is 14.7 Å². The minimum absolute atomic E-state index is 0.327. The van der Waals surface area contributed by atoms with Crippen LogP contribution in [0, 0.1) is 4.64 Å². The quantitative estimate of drug-likeness (QED) is 0.179. The van der Waals surface area contributed by atoms with Crippen LogP contribution in [0.3, 0.4) is 0 Å². The van der Waals surface area contributed by atoms with Crippen molar-refractivity contribution in [3.8, 4) is 53.7 Å². The maximum atomic E-state index is 14.4. The first-order chi connectivity index (χ1) is 20.7. The molecule has 0 N–H and O–H groups in total. The average molecular weight is 599 g/mol. The van der Waals surface area contributed by atoms with E-state index in [0.717, 1.165) is 42.0 Å². The van der Waals surface area contributed by atoms with Crippen LogP contribution >= 0.6 is 34.9 Å². The first kappa shape index (κ1) is 26.2. The van der Waals surface area contributed by atoms with Crippen LogP contribution in [-0.4, -0.2) is 19.1 Å². The fraction of sp³-hybridized carbons (Fsp3) is 0. The maximum Gasteiger partial charge on any atom is 0.340 e. The van der Waals surface area contributed by atoms with Crippen LogP contribution in [0.25, 0.3) is 53.7 Å². The Morgan fingerprint density at radius 2 is 0.929 bits per heavy atom. The smallest absolute Gasteiger partial charge is 0.251 e. The van der Waals surface area contributed by atoms with Gasteiger partial charge in [0.15, 0.2) is 11.6 Å². The number of hydrogen-bond donors (Lipinski definition) is 0. The Kier molecular flexibility index (Phi) is 7.01. The van der Waals surface area contributed by atoms with E-state index in [1.54, 1.807) is 39.5 Å². The summed E-state index contributed by atoms with van der Waals surface area (Å²) in [5, 5.41) is 1.64. The fourth-order valence-corrected chi connectivity index (χ4v) is 7.09. The van der Waals surface area contributed by atoms with Gasteiger partial charge in [0.25, 0.3) is 0 Å². The lowest BCUT2D eigenvalue weighted by molar-refractivity contribution is 0.796. The highest BCUT2D eigenvalue weighted by Crippen LogP contribution is 2.39. The van der Waals surface area contributed by atoms with Gasteiger partial charge in [0.2, 0.25) is 0 Å². The van der Waals surface area contributed by atoms with Gasteiger partial charge >= 0.3 is 5.69 Å². The highest BCUT2D eigenvalue weighted by molar-refractivity contribution is 7.71. The summed E-state index contributed by atoms with van der Waals surface area (Å²) in [7, 11) is 0. The lowest BCUT2D eigenvalue weighted by atomic mass is 10.2. The van der Waals surface area contributed by atoms with Crippen LogP contribution in [0.2, 0.25) is 0 Å². The minimum atomic E-state index is -0.327. The van der Waals surface area contributed by atoms with E-state index >= 15 is 0 Å². The Balaban J connectivity index is 1.47. The third-order valence-corrected chi connectivity index (χ3v) is 9.36. The summed E-state index contributed by atoms with van der Waals surface area (Å²) < 4.78 is 3.48. The normalized spacial score (nSPS) is 11.0. The molecule has 0 saturated carbocycles. The molecule has 0 saturated heterocycles. The van der Waals surface area contributed by atoms with Crippen molar-refractivity contribution >= 4 is 34.9 Å². The van der Waals surface area contributed by atoms with Gasteiger partial charge < -0.3 is 0 Å². The molecule has 0 amide bonds. The SMILES string of the molecule is O=c1n(-c2nc(-c3ccccc3)sc2-c2ccccc2)ccc(=S)n1-c1nc(-c2ccccc2)sc1-c1ccccc1. The van der Waals surface area contributed by atoms with Crippen LogP contribution in [0.4, 0.5) is 0 Å². The molecule has 0 aliphatic carbocycles. The molecule has 0 radical (unpaired) electrons. The van der Waals surface area contributed by atoms with Gasteiger partial charge in [0, 0.05) is 17.3 Å². The zero-order valence-electron chi connectivity index (χ0n) is 22.1. The van der Waals surface area contributed by atoms with E-state index in [2.05, 4.69) is 0 Å². The molecule has 0 spiro atoms. The van der Waals surface area contributed by atoms with Gasteiger partial charge in [-0.2, -0.15) is 0 Å². The molecule has 42 heavy (non-hydrogen) atoms. The molecular weight excluding hydrogens is 577 g/mol. The fourth-order valence-electron chi connectivity index (χ4n) is 4.74. The zero-order valence-corrected chi connectivity index (χ0v) is 24.6. The molecule has 0 aliphatic rings. The van der Waals surface area contributed by atoms with Crippen molar-refractivity contribution in [1.82, 2.24) is 19.1 Å². The van der Waals surface area contributed by atoms with Crippen molar-refractivity contribution in [3.05, 3.63) is 149 Å². The highest BCUT2D eigenvalue weighted by Gasteiger charge is 2.22. The molecule has 0 fully saturated rings. The van der Waals surface area contributed by atoms with Gasteiger partial charge in [-0.3, -0.25) is 4.57 Å². The third-order valence-electron chi connectivity index (χ3n) is 6.76. The molecule has 5 nitrogen and oxygen atoms in total. The van der Waals surface area contributed by atoms with Crippen molar-refractivity contribution in [2.75, 3.05) is 0 Å². The van der Waals surface area contributed by atoms with E-state index in [1.165, 1.54) is 4.57 Å². The number of benzene rings is 4. The topological polar surface area (TPSA) is 52.7 Å². The summed E-state index contributed by atoms with van der Waals surface area (Å²) in [6.07, 6.45) is 1.71. The number of rotatable bonds is 6. The van der Waals surface area contributed by atoms with E-state index in [-0.39, 0.29) is 5.69 Å². The number of aromatic nitrogens is 4. The third kappa shape index (κ3) is 4.86. The Morgan fingerprint density at radius 1 is 0.524 bits per heavy atom. The van der Waals surface area contributed by atoms with Crippen LogP contribution in [0.1, 0.15) is 0 Å². The van der Waals surface area contributed by atoms with E-state index in [9.17, 15) is 4.79 Å². The molecule has 202 valence electrons. The summed E-state index contributed by atoms with van der Waals surface area (Å²) in [4.78, 5) is 26.2. The minimum Gasteiger partial charge on any atom is -0.251 e. The summed E-state index contributed by atoms with van der Waals surface area (Å²) in [6.45, 7) is 0. The summed E-state index contributed by atoms with van der Waals surface area (Å²) in [6, 6.07) is 41.8. The molecule has 7 aromatic rings. The molecule has 3 heterocycles. The van der Waals surface area contributed by atoms with E-state index < -0.39 is 0 Å². The molecule has 8 heteroatoms. The van der Waals surface area contributed by atoms with Crippen LogP contribution in [0.15, 0.2) is 138 Å². The second-order valence-corrected chi connectivity index (χ2v) is 11.9. The molecule has 4 aromatic carbocycles. The standard InChI is InChI=1S/C34H22N4OS3/c39-34-37(30-28(23-13-5-1-6-14-23)41-32(35-30)25-17-9-3-10-18-25)22-21-27(40)38(34)31-29(24-15-7-2-8-16-24)42-33(36-31)26-19-11-4-12-20-26/h1-22H. The molecule has 3 aromatic heterocycles.